The fourth-order valence-electron chi connectivity index (χ4n) is 3.29. The molecule has 2 aromatic heterocycles. The molecule has 0 fully saturated rings. The van der Waals surface area contributed by atoms with Gasteiger partial charge in [-0.25, -0.2) is 4.68 Å². The van der Waals surface area contributed by atoms with Gasteiger partial charge in [-0.2, -0.15) is 0 Å². The van der Waals surface area contributed by atoms with Crippen molar-refractivity contribution < 1.29 is 4.79 Å². The Morgan fingerprint density at radius 2 is 1.96 bits per heavy atom. The summed E-state index contributed by atoms with van der Waals surface area (Å²) in [4.78, 5) is 24.9. The zero-order chi connectivity index (χ0) is 19.7. The number of nitrogens with one attached hydrogen (secondary N) is 1. The number of fused-ring (bicyclic) bond motifs is 2. The number of carbonyl (C=O) groups excluding carboxylic acids is 1. The third kappa shape index (κ3) is 3.51. The van der Waals surface area contributed by atoms with E-state index in [0.29, 0.717) is 22.5 Å². The van der Waals surface area contributed by atoms with Crippen LogP contribution in [-0.2, 0) is 17.9 Å². The number of hydrogen-bond acceptors (Lipinski definition) is 4. The molecule has 0 aliphatic heterocycles. The average Bonchev–Trinajstić information content (AvgIpc) is 3.05. The molecule has 0 unspecified atom stereocenters. The van der Waals surface area contributed by atoms with E-state index in [1.165, 1.54) is 0 Å². The normalized spacial score (nSPS) is 11.4. The predicted molar refractivity (Wildman–Crippen MR) is 109 cm³/mol. The predicted octanol–water partition coefficient (Wildman–Crippen LogP) is 3.04. The summed E-state index contributed by atoms with van der Waals surface area (Å²) < 4.78 is 3.28. The van der Waals surface area contributed by atoms with Crippen LogP contribution in [0.25, 0.3) is 21.8 Å². The second kappa shape index (κ2) is 7.26. The second-order valence-electron chi connectivity index (χ2n) is 7.25. The van der Waals surface area contributed by atoms with Crippen molar-refractivity contribution in [1.29, 1.82) is 0 Å². The molecule has 0 saturated heterocycles. The highest BCUT2D eigenvalue weighted by molar-refractivity contribution is 5.93. The van der Waals surface area contributed by atoms with Crippen molar-refractivity contribution in [3.05, 3.63) is 65.1 Å². The van der Waals surface area contributed by atoms with Crippen LogP contribution in [0.2, 0.25) is 0 Å². The SMILES string of the molecule is CC(C)Cn1ccc2cc(NC(=O)Cn3nnc4ccccc4c3=O)ccc21. The Morgan fingerprint density at radius 3 is 2.79 bits per heavy atom. The topological polar surface area (TPSA) is 81.8 Å². The second-order valence-corrected chi connectivity index (χ2v) is 7.25. The van der Waals surface area contributed by atoms with Gasteiger partial charge >= 0.3 is 0 Å². The summed E-state index contributed by atoms with van der Waals surface area (Å²) in [6.45, 7) is 5.11. The molecule has 0 bridgehead atoms. The average molecular weight is 375 g/mol. The first-order valence-corrected chi connectivity index (χ1v) is 9.22. The van der Waals surface area contributed by atoms with Crippen molar-refractivity contribution in [2.24, 2.45) is 5.92 Å². The fourth-order valence-corrected chi connectivity index (χ4v) is 3.29. The number of amides is 1. The first-order valence-electron chi connectivity index (χ1n) is 9.22. The van der Waals surface area contributed by atoms with Gasteiger partial charge in [0, 0.05) is 29.3 Å². The molecule has 7 heteroatoms. The summed E-state index contributed by atoms with van der Waals surface area (Å²) in [5.41, 5.74) is 1.99. The molecule has 7 nitrogen and oxygen atoms in total. The summed E-state index contributed by atoms with van der Waals surface area (Å²) in [5, 5.41) is 12.2. The van der Waals surface area contributed by atoms with E-state index in [0.717, 1.165) is 22.1 Å². The summed E-state index contributed by atoms with van der Waals surface area (Å²) in [6.07, 6.45) is 2.06. The van der Waals surface area contributed by atoms with Gasteiger partial charge in [-0.3, -0.25) is 9.59 Å². The Hall–Kier alpha value is -3.48. The van der Waals surface area contributed by atoms with Crippen molar-refractivity contribution in [2.45, 2.75) is 26.9 Å². The van der Waals surface area contributed by atoms with Gasteiger partial charge in [0.2, 0.25) is 5.91 Å². The number of aromatic nitrogens is 4. The largest absolute Gasteiger partial charge is 0.347 e. The molecule has 0 spiro atoms. The Morgan fingerprint density at radius 1 is 1.14 bits per heavy atom. The third-order valence-corrected chi connectivity index (χ3v) is 4.54. The van der Waals surface area contributed by atoms with E-state index in [2.05, 4.69) is 40.2 Å². The summed E-state index contributed by atoms with van der Waals surface area (Å²) in [5.74, 6) is 0.226. The maximum absolute atomic E-state index is 12.5. The first kappa shape index (κ1) is 17.9. The van der Waals surface area contributed by atoms with Crippen LogP contribution in [0, 0.1) is 5.92 Å². The summed E-state index contributed by atoms with van der Waals surface area (Å²) in [6, 6.07) is 14.8. The summed E-state index contributed by atoms with van der Waals surface area (Å²) >= 11 is 0. The number of benzene rings is 2. The number of nitrogens with zero attached hydrogens (tertiary/aromatic N) is 4. The van der Waals surface area contributed by atoms with Gasteiger partial charge in [-0.15, -0.1) is 5.10 Å². The monoisotopic (exact) mass is 375 g/mol. The molecule has 1 N–H and O–H groups in total. The van der Waals surface area contributed by atoms with Crippen LogP contribution in [0.3, 0.4) is 0 Å². The zero-order valence-corrected chi connectivity index (χ0v) is 15.8. The molecule has 0 aliphatic carbocycles. The molecule has 0 aliphatic rings. The van der Waals surface area contributed by atoms with Crippen LogP contribution in [0.4, 0.5) is 5.69 Å². The van der Waals surface area contributed by atoms with Crippen LogP contribution in [0.15, 0.2) is 59.5 Å². The van der Waals surface area contributed by atoms with Gasteiger partial charge in [0.25, 0.3) is 5.56 Å². The fraction of sp³-hybridized carbons (Fsp3) is 0.238. The Kier molecular flexibility index (Phi) is 4.65. The van der Waals surface area contributed by atoms with Crippen molar-refractivity contribution in [1.82, 2.24) is 19.6 Å². The maximum atomic E-state index is 12.5. The lowest BCUT2D eigenvalue weighted by molar-refractivity contribution is -0.117. The highest BCUT2D eigenvalue weighted by Crippen LogP contribution is 2.21. The molecule has 4 aromatic rings. The quantitative estimate of drug-likeness (QED) is 0.581. The number of hydrogen-bond donors (Lipinski definition) is 1. The van der Waals surface area contributed by atoms with Gasteiger partial charge in [0.05, 0.1) is 5.39 Å². The molecule has 2 heterocycles. The maximum Gasteiger partial charge on any atom is 0.278 e. The summed E-state index contributed by atoms with van der Waals surface area (Å²) in [7, 11) is 0. The minimum Gasteiger partial charge on any atom is -0.347 e. The van der Waals surface area contributed by atoms with Gasteiger partial charge in [-0.05, 0) is 42.3 Å². The Bertz CT molecular complexity index is 1220. The molecule has 2 aromatic carbocycles. The lowest BCUT2D eigenvalue weighted by Gasteiger charge is -2.10. The molecule has 0 atom stereocenters. The standard InChI is InChI=1S/C21H21N5O2/c1-14(2)12-25-10-9-15-11-16(7-8-19(15)25)22-20(27)13-26-21(28)17-5-3-4-6-18(17)23-24-26/h3-11,14H,12-13H2,1-2H3,(H,22,27). The van der Waals surface area contributed by atoms with Gasteiger partial charge in [0.15, 0.2) is 0 Å². The smallest absolute Gasteiger partial charge is 0.278 e. The molecular weight excluding hydrogens is 354 g/mol. The van der Waals surface area contributed by atoms with Crippen LogP contribution in [0.5, 0.6) is 0 Å². The molecular formula is C21H21N5O2. The van der Waals surface area contributed by atoms with E-state index in [1.54, 1.807) is 24.3 Å². The molecule has 142 valence electrons. The van der Waals surface area contributed by atoms with Gasteiger partial charge < -0.3 is 9.88 Å². The molecule has 0 saturated carbocycles. The van der Waals surface area contributed by atoms with Crippen molar-refractivity contribution in [3.8, 4) is 0 Å². The Labute approximate surface area is 161 Å². The van der Waals surface area contributed by atoms with Gasteiger partial charge in [0.1, 0.15) is 12.1 Å². The van der Waals surface area contributed by atoms with Gasteiger partial charge in [-0.1, -0.05) is 31.2 Å². The lowest BCUT2D eigenvalue weighted by atomic mass is 10.2. The zero-order valence-electron chi connectivity index (χ0n) is 15.8. The van der Waals surface area contributed by atoms with Crippen molar-refractivity contribution >= 4 is 33.4 Å². The van der Waals surface area contributed by atoms with Crippen molar-refractivity contribution in [3.63, 3.8) is 0 Å². The van der Waals surface area contributed by atoms with Crippen LogP contribution in [0.1, 0.15) is 13.8 Å². The van der Waals surface area contributed by atoms with E-state index in [4.69, 9.17) is 0 Å². The van der Waals surface area contributed by atoms with E-state index < -0.39 is 0 Å². The molecule has 28 heavy (non-hydrogen) atoms. The minimum absolute atomic E-state index is 0.191. The van der Waals surface area contributed by atoms with E-state index in [-0.39, 0.29) is 18.0 Å². The molecule has 1 amide bonds. The van der Waals surface area contributed by atoms with Crippen LogP contribution < -0.4 is 10.9 Å². The van der Waals surface area contributed by atoms with Crippen LogP contribution >= 0.6 is 0 Å². The number of carbonyl (C=O) groups is 1. The van der Waals surface area contributed by atoms with Crippen molar-refractivity contribution in [2.75, 3.05) is 5.32 Å². The first-order chi connectivity index (χ1) is 13.5. The lowest BCUT2D eigenvalue weighted by Crippen LogP contribution is -2.30. The minimum atomic E-state index is -0.332. The number of anilines is 1. The highest BCUT2D eigenvalue weighted by Gasteiger charge is 2.11. The number of rotatable bonds is 5. The van der Waals surface area contributed by atoms with Crippen LogP contribution in [-0.4, -0.2) is 25.5 Å². The third-order valence-electron chi connectivity index (χ3n) is 4.54. The van der Waals surface area contributed by atoms with E-state index in [9.17, 15) is 9.59 Å². The molecule has 4 rings (SSSR count). The van der Waals surface area contributed by atoms with E-state index >= 15 is 0 Å². The Balaban J connectivity index is 1.52. The highest BCUT2D eigenvalue weighted by atomic mass is 16.2. The molecule has 0 radical (unpaired) electrons. The van der Waals surface area contributed by atoms with E-state index in [1.807, 2.05) is 24.3 Å².